The van der Waals surface area contributed by atoms with Gasteiger partial charge in [0.1, 0.15) is 5.75 Å². The van der Waals surface area contributed by atoms with Gasteiger partial charge >= 0.3 is 0 Å². The van der Waals surface area contributed by atoms with Crippen LogP contribution in [0.15, 0.2) is 65.2 Å². The first-order valence-electron chi connectivity index (χ1n) is 7.14. The second-order valence-corrected chi connectivity index (χ2v) is 4.76. The molecule has 0 saturated carbocycles. The highest BCUT2D eigenvalue weighted by Crippen LogP contribution is 2.15. The lowest BCUT2D eigenvalue weighted by Crippen LogP contribution is -2.28. The molecule has 0 spiro atoms. The first-order valence-corrected chi connectivity index (χ1v) is 7.14. The summed E-state index contributed by atoms with van der Waals surface area (Å²) < 4.78 is 10.5. The number of rotatable bonds is 6. The molecular weight excluding hydrogens is 294 g/mol. The van der Waals surface area contributed by atoms with Crippen LogP contribution in [0.1, 0.15) is 5.82 Å². The van der Waals surface area contributed by atoms with E-state index >= 15 is 0 Å². The van der Waals surface area contributed by atoms with Crippen molar-refractivity contribution in [3.63, 3.8) is 0 Å². The largest absolute Gasteiger partial charge is 0.484 e. The Bertz CT molecular complexity index is 757. The smallest absolute Gasteiger partial charge is 0.258 e. The van der Waals surface area contributed by atoms with E-state index in [-0.39, 0.29) is 19.1 Å². The molecule has 116 valence electrons. The second-order valence-electron chi connectivity index (χ2n) is 4.76. The Labute approximate surface area is 133 Å². The van der Waals surface area contributed by atoms with E-state index in [1.165, 1.54) is 0 Å². The number of nitrogens with one attached hydrogen (secondary N) is 1. The molecule has 0 aliphatic rings. The molecule has 3 rings (SSSR count). The fourth-order valence-electron chi connectivity index (χ4n) is 1.92. The van der Waals surface area contributed by atoms with E-state index in [1.807, 2.05) is 48.5 Å². The maximum Gasteiger partial charge on any atom is 0.258 e. The lowest BCUT2D eigenvalue weighted by atomic mass is 10.2. The van der Waals surface area contributed by atoms with Crippen LogP contribution in [0.25, 0.3) is 11.5 Å². The maximum absolute atomic E-state index is 11.7. The summed E-state index contributed by atoms with van der Waals surface area (Å²) in [7, 11) is 0. The summed E-state index contributed by atoms with van der Waals surface area (Å²) in [5.41, 5.74) is 0.838. The molecule has 0 fully saturated rings. The van der Waals surface area contributed by atoms with E-state index in [0.29, 0.717) is 17.5 Å². The Balaban J connectivity index is 1.49. The van der Waals surface area contributed by atoms with Crippen LogP contribution in [0.5, 0.6) is 5.75 Å². The Hall–Kier alpha value is -3.15. The van der Waals surface area contributed by atoms with E-state index in [0.717, 1.165) is 5.56 Å². The molecule has 0 bridgehead atoms. The van der Waals surface area contributed by atoms with Gasteiger partial charge in [0, 0.05) is 5.56 Å². The van der Waals surface area contributed by atoms with Crippen molar-refractivity contribution in [3.05, 3.63) is 66.5 Å². The van der Waals surface area contributed by atoms with Gasteiger partial charge in [-0.2, -0.15) is 4.98 Å². The maximum atomic E-state index is 11.7. The van der Waals surface area contributed by atoms with Crippen molar-refractivity contribution >= 4 is 5.91 Å². The molecule has 1 N–H and O–H groups in total. The molecule has 1 heterocycles. The van der Waals surface area contributed by atoms with Crippen LogP contribution in [0.4, 0.5) is 0 Å². The van der Waals surface area contributed by atoms with Crippen molar-refractivity contribution in [3.8, 4) is 17.2 Å². The van der Waals surface area contributed by atoms with Crippen LogP contribution in [-0.4, -0.2) is 22.7 Å². The van der Waals surface area contributed by atoms with Crippen molar-refractivity contribution in [1.29, 1.82) is 0 Å². The zero-order chi connectivity index (χ0) is 15.9. The van der Waals surface area contributed by atoms with Crippen LogP contribution in [0, 0.1) is 0 Å². The van der Waals surface area contributed by atoms with Gasteiger partial charge in [-0.05, 0) is 24.3 Å². The molecule has 0 saturated heterocycles. The fraction of sp³-hybridized carbons (Fsp3) is 0.118. The summed E-state index contributed by atoms with van der Waals surface area (Å²) in [5, 5.41) is 6.53. The average Bonchev–Trinajstić information content (AvgIpc) is 3.09. The van der Waals surface area contributed by atoms with Crippen LogP contribution >= 0.6 is 0 Å². The number of nitrogens with zero attached hydrogens (tertiary/aromatic N) is 2. The number of amides is 1. The van der Waals surface area contributed by atoms with Gasteiger partial charge in [0.2, 0.25) is 0 Å². The number of hydrogen-bond acceptors (Lipinski definition) is 5. The standard InChI is InChI=1S/C17H15N3O3/c21-16(12-22-14-9-5-2-6-10-14)18-11-15-19-17(23-20-15)13-7-3-1-4-8-13/h1-10H,11-12H2,(H,18,21). The van der Waals surface area contributed by atoms with Crippen LogP contribution in [-0.2, 0) is 11.3 Å². The van der Waals surface area contributed by atoms with Gasteiger partial charge < -0.3 is 14.6 Å². The minimum Gasteiger partial charge on any atom is -0.484 e. The Morgan fingerprint density at radius 1 is 1.04 bits per heavy atom. The number of benzene rings is 2. The molecule has 1 amide bonds. The molecule has 0 atom stereocenters. The molecule has 23 heavy (non-hydrogen) atoms. The van der Waals surface area contributed by atoms with Gasteiger partial charge in [0.05, 0.1) is 6.54 Å². The Morgan fingerprint density at radius 3 is 2.48 bits per heavy atom. The monoisotopic (exact) mass is 309 g/mol. The van der Waals surface area contributed by atoms with Crippen molar-refractivity contribution < 1.29 is 14.1 Å². The van der Waals surface area contributed by atoms with Crippen molar-refractivity contribution in [1.82, 2.24) is 15.5 Å². The predicted octanol–water partition coefficient (Wildman–Crippen LogP) is 2.43. The molecule has 6 heteroatoms. The summed E-state index contributed by atoms with van der Waals surface area (Å²) in [6.07, 6.45) is 0. The van der Waals surface area contributed by atoms with Gasteiger partial charge in [0.15, 0.2) is 12.4 Å². The third kappa shape index (κ3) is 4.16. The molecule has 2 aromatic carbocycles. The first kappa shape index (κ1) is 14.8. The lowest BCUT2D eigenvalue weighted by Gasteiger charge is -2.05. The van der Waals surface area contributed by atoms with Crippen molar-refractivity contribution in [2.75, 3.05) is 6.61 Å². The van der Waals surface area contributed by atoms with Crippen LogP contribution in [0.3, 0.4) is 0 Å². The third-order valence-electron chi connectivity index (χ3n) is 3.05. The minimum atomic E-state index is -0.250. The number of hydrogen-bond donors (Lipinski definition) is 1. The number of para-hydroxylation sites is 1. The summed E-state index contributed by atoms with van der Waals surface area (Å²) in [6, 6.07) is 18.6. The molecule has 0 aliphatic heterocycles. The van der Waals surface area contributed by atoms with E-state index < -0.39 is 0 Å². The molecule has 1 aromatic heterocycles. The van der Waals surface area contributed by atoms with Gasteiger partial charge in [-0.3, -0.25) is 4.79 Å². The van der Waals surface area contributed by atoms with E-state index in [4.69, 9.17) is 9.26 Å². The topological polar surface area (TPSA) is 77.2 Å². The number of carbonyl (C=O) groups is 1. The van der Waals surface area contributed by atoms with Crippen molar-refractivity contribution in [2.24, 2.45) is 0 Å². The Kier molecular flexibility index (Phi) is 4.63. The SMILES string of the molecule is O=C(COc1ccccc1)NCc1noc(-c2ccccc2)n1. The molecule has 0 unspecified atom stereocenters. The highest BCUT2D eigenvalue weighted by Gasteiger charge is 2.09. The lowest BCUT2D eigenvalue weighted by molar-refractivity contribution is -0.123. The second kappa shape index (κ2) is 7.22. The van der Waals surface area contributed by atoms with Gasteiger partial charge in [-0.25, -0.2) is 0 Å². The molecule has 0 radical (unpaired) electrons. The van der Waals surface area contributed by atoms with E-state index in [9.17, 15) is 4.79 Å². The molecule has 0 aliphatic carbocycles. The van der Waals surface area contributed by atoms with Crippen LogP contribution in [0.2, 0.25) is 0 Å². The number of aromatic nitrogens is 2. The predicted molar refractivity (Wildman–Crippen MR) is 83.5 cm³/mol. The van der Waals surface area contributed by atoms with E-state index in [1.54, 1.807) is 12.1 Å². The van der Waals surface area contributed by atoms with E-state index in [2.05, 4.69) is 15.5 Å². The zero-order valence-electron chi connectivity index (χ0n) is 12.3. The number of ether oxygens (including phenoxy) is 1. The molecule has 3 aromatic rings. The minimum absolute atomic E-state index is 0.0621. The first-order chi connectivity index (χ1) is 11.3. The normalized spacial score (nSPS) is 10.3. The van der Waals surface area contributed by atoms with Gasteiger partial charge in [0.25, 0.3) is 11.8 Å². The average molecular weight is 309 g/mol. The summed E-state index contributed by atoms with van der Waals surface area (Å²) in [5.74, 6) is 1.24. The summed E-state index contributed by atoms with van der Waals surface area (Å²) in [6.45, 7) is 0.126. The Morgan fingerprint density at radius 2 is 1.74 bits per heavy atom. The third-order valence-corrected chi connectivity index (χ3v) is 3.05. The van der Waals surface area contributed by atoms with Crippen molar-refractivity contribution in [2.45, 2.75) is 6.54 Å². The summed E-state index contributed by atoms with van der Waals surface area (Å²) in [4.78, 5) is 16.0. The number of carbonyl (C=O) groups excluding carboxylic acids is 1. The van der Waals surface area contributed by atoms with Gasteiger partial charge in [-0.1, -0.05) is 41.6 Å². The highest BCUT2D eigenvalue weighted by atomic mass is 16.5. The van der Waals surface area contributed by atoms with Gasteiger partial charge in [-0.15, -0.1) is 0 Å². The highest BCUT2D eigenvalue weighted by molar-refractivity contribution is 5.77. The quantitative estimate of drug-likeness (QED) is 0.756. The van der Waals surface area contributed by atoms with Crippen LogP contribution < -0.4 is 10.1 Å². The summed E-state index contributed by atoms with van der Waals surface area (Å²) >= 11 is 0. The molecular formula is C17H15N3O3. The fourth-order valence-corrected chi connectivity index (χ4v) is 1.92. The zero-order valence-corrected chi connectivity index (χ0v) is 12.3. The molecule has 6 nitrogen and oxygen atoms in total.